The number of hydrogen-bond donors (Lipinski definition) is 2. The first-order valence-electron chi connectivity index (χ1n) is 9.56. The van der Waals surface area contributed by atoms with Crippen molar-refractivity contribution in [3.8, 4) is 0 Å². The summed E-state index contributed by atoms with van der Waals surface area (Å²) < 4.78 is 5.07. The van der Waals surface area contributed by atoms with E-state index in [1.807, 2.05) is 36.1 Å². The van der Waals surface area contributed by atoms with Crippen LogP contribution in [-0.2, 0) is 25.5 Å². The Bertz CT molecular complexity index is 662. The molecule has 1 atom stereocenters. The number of aryl methyl sites for hydroxylation is 1. The van der Waals surface area contributed by atoms with Crippen molar-refractivity contribution in [1.29, 1.82) is 0 Å². The highest BCUT2D eigenvalue weighted by Crippen LogP contribution is 2.17. The van der Waals surface area contributed by atoms with E-state index in [0.717, 1.165) is 37.1 Å². The standard InChI is InChI=1S/C20H29N3O4/c1-3-15-8-5-6-10-17(15)22-18(24)12-21-19(25)14-23-11-7-9-16(13-23)20(26)27-4-2/h5-6,8,10,16H,3-4,7,9,11-14H2,1-2H3,(H,21,25)(H,22,24)/t16-/m0/s1. The van der Waals surface area contributed by atoms with Crippen molar-refractivity contribution < 1.29 is 19.1 Å². The Morgan fingerprint density at radius 3 is 2.70 bits per heavy atom. The largest absolute Gasteiger partial charge is 0.466 e. The minimum Gasteiger partial charge on any atom is -0.466 e. The zero-order chi connectivity index (χ0) is 19.6. The van der Waals surface area contributed by atoms with Crippen LogP contribution in [0.25, 0.3) is 0 Å². The van der Waals surface area contributed by atoms with Gasteiger partial charge < -0.3 is 15.4 Å². The number of rotatable bonds is 8. The number of carbonyl (C=O) groups is 3. The number of ether oxygens (including phenoxy) is 1. The number of piperidine rings is 1. The highest BCUT2D eigenvalue weighted by molar-refractivity contribution is 5.95. The number of hydrogen-bond acceptors (Lipinski definition) is 5. The number of likely N-dealkylation sites (tertiary alicyclic amines) is 1. The fourth-order valence-electron chi connectivity index (χ4n) is 3.23. The molecule has 2 rings (SSSR count). The number of anilines is 1. The molecule has 0 aliphatic carbocycles. The summed E-state index contributed by atoms with van der Waals surface area (Å²) in [6, 6.07) is 7.61. The highest BCUT2D eigenvalue weighted by Gasteiger charge is 2.27. The maximum Gasteiger partial charge on any atom is 0.310 e. The third-order valence-electron chi connectivity index (χ3n) is 4.61. The molecule has 7 nitrogen and oxygen atoms in total. The van der Waals surface area contributed by atoms with Crippen LogP contribution in [0.4, 0.5) is 5.69 Å². The fourth-order valence-corrected chi connectivity index (χ4v) is 3.23. The number of carbonyl (C=O) groups excluding carboxylic acids is 3. The summed E-state index contributed by atoms with van der Waals surface area (Å²) in [6.45, 7) is 5.55. The minimum atomic E-state index is -0.257. The van der Waals surface area contributed by atoms with Crippen molar-refractivity contribution in [3.63, 3.8) is 0 Å². The first-order chi connectivity index (χ1) is 13.0. The first kappa shape index (κ1) is 20.9. The van der Waals surface area contributed by atoms with E-state index >= 15 is 0 Å². The lowest BCUT2D eigenvalue weighted by molar-refractivity contribution is -0.150. The van der Waals surface area contributed by atoms with Gasteiger partial charge in [-0.1, -0.05) is 25.1 Å². The molecule has 148 valence electrons. The second-order valence-electron chi connectivity index (χ2n) is 6.66. The molecule has 0 aromatic heterocycles. The van der Waals surface area contributed by atoms with Crippen molar-refractivity contribution in [2.75, 3.05) is 38.1 Å². The van der Waals surface area contributed by atoms with Crippen LogP contribution in [0.2, 0.25) is 0 Å². The fraction of sp³-hybridized carbons (Fsp3) is 0.550. The summed E-state index contributed by atoms with van der Waals surface area (Å²) in [5.74, 6) is -0.859. The van der Waals surface area contributed by atoms with Crippen LogP contribution in [0.5, 0.6) is 0 Å². The van der Waals surface area contributed by atoms with Crippen LogP contribution >= 0.6 is 0 Å². The molecule has 0 saturated carbocycles. The van der Waals surface area contributed by atoms with Gasteiger partial charge in [-0.2, -0.15) is 0 Å². The van der Waals surface area contributed by atoms with Crippen LogP contribution in [0, 0.1) is 5.92 Å². The Balaban J connectivity index is 1.75. The zero-order valence-electron chi connectivity index (χ0n) is 16.1. The lowest BCUT2D eigenvalue weighted by atomic mass is 9.98. The number of benzene rings is 1. The molecular formula is C20H29N3O4. The van der Waals surface area contributed by atoms with Crippen LogP contribution < -0.4 is 10.6 Å². The molecule has 1 heterocycles. The Morgan fingerprint density at radius 1 is 1.19 bits per heavy atom. The van der Waals surface area contributed by atoms with Crippen molar-refractivity contribution in [2.24, 2.45) is 5.92 Å². The van der Waals surface area contributed by atoms with Gasteiger partial charge in [-0.05, 0) is 44.4 Å². The number of nitrogens with one attached hydrogen (secondary N) is 2. The first-order valence-corrected chi connectivity index (χ1v) is 9.56. The van der Waals surface area contributed by atoms with Gasteiger partial charge in [-0.25, -0.2) is 0 Å². The van der Waals surface area contributed by atoms with Crippen LogP contribution in [0.1, 0.15) is 32.3 Å². The van der Waals surface area contributed by atoms with E-state index in [4.69, 9.17) is 4.74 Å². The third kappa shape index (κ3) is 6.67. The van der Waals surface area contributed by atoms with E-state index in [0.29, 0.717) is 13.2 Å². The summed E-state index contributed by atoms with van der Waals surface area (Å²) in [5.41, 5.74) is 1.82. The average molecular weight is 375 g/mol. The third-order valence-corrected chi connectivity index (χ3v) is 4.61. The molecule has 1 saturated heterocycles. The maximum atomic E-state index is 12.1. The summed E-state index contributed by atoms with van der Waals surface area (Å²) in [4.78, 5) is 38.0. The molecule has 1 aromatic carbocycles. The summed E-state index contributed by atoms with van der Waals surface area (Å²) in [7, 11) is 0. The molecule has 0 spiro atoms. The topological polar surface area (TPSA) is 87.7 Å². The van der Waals surface area contributed by atoms with Gasteiger partial charge in [0.25, 0.3) is 0 Å². The van der Waals surface area contributed by atoms with Crippen molar-refractivity contribution >= 4 is 23.5 Å². The molecular weight excluding hydrogens is 346 g/mol. The number of esters is 1. The summed E-state index contributed by atoms with van der Waals surface area (Å²) >= 11 is 0. The Kier molecular flexibility index (Phi) is 8.26. The molecule has 1 aromatic rings. The van der Waals surface area contributed by atoms with E-state index in [1.165, 1.54) is 0 Å². The molecule has 2 N–H and O–H groups in total. The van der Waals surface area contributed by atoms with Gasteiger partial charge in [-0.3, -0.25) is 19.3 Å². The van der Waals surface area contributed by atoms with Gasteiger partial charge in [0.15, 0.2) is 0 Å². The minimum absolute atomic E-state index is 0.0774. The van der Waals surface area contributed by atoms with Crippen molar-refractivity contribution in [1.82, 2.24) is 10.2 Å². The number of para-hydroxylation sites is 1. The van der Waals surface area contributed by atoms with E-state index in [2.05, 4.69) is 10.6 Å². The zero-order valence-corrected chi connectivity index (χ0v) is 16.1. The average Bonchev–Trinajstić information content (AvgIpc) is 2.67. The SMILES string of the molecule is CCOC(=O)[C@H]1CCCN(CC(=O)NCC(=O)Nc2ccccc2CC)C1. The van der Waals surface area contributed by atoms with E-state index in [9.17, 15) is 14.4 Å². The van der Waals surface area contributed by atoms with Gasteiger partial charge in [0.1, 0.15) is 0 Å². The summed E-state index contributed by atoms with van der Waals surface area (Å²) in [5, 5.41) is 5.48. The second kappa shape index (κ2) is 10.7. The van der Waals surface area contributed by atoms with Crippen LogP contribution in [0.3, 0.4) is 0 Å². The number of nitrogens with zero attached hydrogens (tertiary/aromatic N) is 1. The van der Waals surface area contributed by atoms with E-state index in [-0.39, 0.29) is 36.8 Å². The number of amides is 2. The van der Waals surface area contributed by atoms with Gasteiger partial charge in [-0.15, -0.1) is 0 Å². The molecule has 27 heavy (non-hydrogen) atoms. The quantitative estimate of drug-likeness (QED) is 0.674. The van der Waals surface area contributed by atoms with Gasteiger partial charge in [0, 0.05) is 12.2 Å². The molecule has 0 bridgehead atoms. The lowest BCUT2D eigenvalue weighted by Gasteiger charge is -2.30. The Labute approximate surface area is 160 Å². The maximum absolute atomic E-state index is 12.1. The molecule has 0 radical (unpaired) electrons. The molecule has 2 amide bonds. The smallest absolute Gasteiger partial charge is 0.310 e. The van der Waals surface area contributed by atoms with Crippen molar-refractivity contribution in [3.05, 3.63) is 29.8 Å². The van der Waals surface area contributed by atoms with Crippen molar-refractivity contribution in [2.45, 2.75) is 33.1 Å². The molecule has 1 aliphatic heterocycles. The van der Waals surface area contributed by atoms with Gasteiger partial charge in [0.2, 0.25) is 11.8 Å². The Hall–Kier alpha value is -2.41. The van der Waals surface area contributed by atoms with E-state index < -0.39 is 0 Å². The molecule has 1 fully saturated rings. The predicted molar refractivity (Wildman–Crippen MR) is 103 cm³/mol. The van der Waals surface area contributed by atoms with Crippen LogP contribution in [0.15, 0.2) is 24.3 Å². The molecule has 1 aliphatic rings. The normalized spacial score (nSPS) is 17.2. The van der Waals surface area contributed by atoms with E-state index in [1.54, 1.807) is 6.92 Å². The predicted octanol–water partition coefficient (Wildman–Crippen LogP) is 1.58. The van der Waals surface area contributed by atoms with Crippen LogP contribution in [-0.4, -0.2) is 55.5 Å². The second-order valence-corrected chi connectivity index (χ2v) is 6.66. The molecule has 0 unspecified atom stereocenters. The van der Waals surface area contributed by atoms with Gasteiger partial charge in [0.05, 0.1) is 25.6 Å². The lowest BCUT2D eigenvalue weighted by Crippen LogP contribution is -2.45. The monoisotopic (exact) mass is 375 g/mol. The highest BCUT2D eigenvalue weighted by atomic mass is 16.5. The molecule has 7 heteroatoms. The van der Waals surface area contributed by atoms with Gasteiger partial charge >= 0.3 is 5.97 Å². The Morgan fingerprint density at radius 2 is 1.96 bits per heavy atom. The summed E-state index contributed by atoms with van der Waals surface area (Å²) in [6.07, 6.45) is 2.46.